The summed E-state index contributed by atoms with van der Waals surface area (Å²) in [6.07, 6.45) is 0.00248. The number of Topliss-reactive ketones (excluding diaryl/α,β-unsaturated/α-hetero) is 1. The molecule has 86 valence electrons. The molecule has 1 N–H and O–H groups in total. The van der Waals surface area contributed by atoms with Crippen LogP contribution in [0.2, 0.25) is 0 Å². The Morgan fingerprint density at radius 3 is 2.62 bits per heavy atom. The van der Waals surface area contributed by atoms with Crippen molar-refractivity contribution in [3.63, 3.8) is 0 Å². The monoisotopic (exact) mass is 222 g/mol. The van der Waals surface area contributed by atoms with Crippen LogP contribution in [-0.4, -0.2) is 24.0 Å². The largest absolute Gasteiger partial charge is 0.497 e. The van der Waals surface area contributed by atoms with Crippen LogP contribution in [0.15, 0.2) is 24.3 Å². The molecule has 0 bridgehead atoms. The normalized spacial score (nSPS) is 11.9. The number of rotatable bonds is 5. The van der Waals surface area contributed by atoms with Gasteiger partial charge in [-0.25, -0.2) is 0 Å². The summed E-state index contributed by atoms with van der Waals surface area (Å²) >= 11 is 0. The summed E-state index contributed by atoms with van der Waals surface area (Å²) in [5, 5.41) is 9.05. The van der Waals surface area contributed by atoms with Gasteiger partial charge in [0.05, 0.1) is 13.0 Å². The van der Waals surface area contributed by atoms with Gasteiger partial charge in [0.2, 0.25) is 0 Å². The van der Waals surface area contributed by atoms with Gasteiger partial charge < -0.3 is 9.84 Å². The number of ether oxygens (including phenoxy) is 1. The van der Waals surface area contributed by atoms with Gasteiger partial charge in [-0.2, -0.15) is 0 Å². The molecule has 0 amide bonds. The minimum Gasteiger partial charge on any atom is -0.497 e. The predicted molar refractivity (Wildman–Crippen MR) is 58.7 cm³/mol. The molecular weight excluding hydrogens is 208 g/mol. The van der Waals surface area contributed by atoms with E-state index in [0.29, 0.717) is 11.3 Å². The predicted octanol–water partition coefficient (Wildman–Crippen LogP) is 1.84. The van der Waals surface area contributed by atoms with Crippen LogP contribution in [0, 0.1) is 0 Å². The van der Waals surface area contributed by atoms with Crippen LogP contribution in [0.3, 0.4) is 0 Å². The van der Waals surface area contributed by atoms with Crippen LogP contribution in [-0.2, 0) is 9.59 Å². The zero-order chi connectivity index (χ0) is 12.1. The molecule has 4 heteroatoms. The molecular formula is C12H14O4. The Balaban J connectivity index is 3.00. The summed E-state index contributed by atoms with van der Waals surface area (Å²) < 4.78 is 5.01. The average Bonchev–Trinajstić information content (AvgIpc) is 2.25. The van der Waals surface area contributed by atoms with Crippen LogP contribution in [0.1, 0.15) is 24.8 Å². The molecule has 0 fully saturated rings. The minimum absolute atomic E-state index is 0.00248. The first-order valence-electron chi connectivity index (χ1n) is 4.90. The lowest BCUT2D eigenvalue weighted by atomic mass is 9.94. The molecule has 0 saturated heterocycles. The Labute approximate surface area is 93.9 Å². The maximum Gasteiger partial charge on any atom is 0.311 e. The molecule has 16 heavy (non-hydrogen) atoms. The SMILES string of the molecule is COc1cccc(C(CC(C)=O)C(=O)O)c1. The summed E-state index contributed by atoms with van der Waals surface area (Å²) in [7, 11) is 1.51. The van der Waals surface area contributed by atoms with E-state index in [1.807, 2.05) is 0 Å². The van der Waals surface area contributed by atoms with E-state index >= 15 is 0 Å². The number of hydrogen-bond acceptors (Lipinski definition) is 3. The molecule has 1 atom stereocenters. The molecule has 0 heterocycles. The number of methoxy groups -OCH3 is 1. The van der Waals surface area contributed by atoms with Gasteiger partial charge in [-0.05, 0) is 24.6 Å². The molecule has 1 unspecified atom stereocenters. The summed E-state index contributed by atoms with van der Waals surface area (Å²) in [6, 6.07) is 6.77. The second-order valence-electron chi connectivity index (χ2n) is 3.57. The fraction of sp³-hybridized carbons (Fsp3) is 0.333. The maximum absolute atomic E-state index is 11.0. The van der Waals surface area contributed by atoms with E-state index < -0.39 is 11.9 Å². The van der Waals surface area contributed by atoms with E-state index in [-0.39, 0.29) is 12.2 Å². The van der Waals surface area contributed by atoms with Crippen molar-refractivity contribution in [1.82, 2.24) is 0 Å². The van der Waals surface area contributed by atoms with Crippen LogP contribution in [0.25, 0.3) is 0 Å². The van der Waals surface area contributed by atoms with Crippen molar-refractivity contribution < 1.29 is 19.4 Å². The van der Waals surface area contributed by atoms with Gasteiger partial charge in [-0.15, -0.1) is 0 Å². The number of hydrogen-bond donors (Lipinski definition) is 1. The van der Waals surface area contributed by atoms with E-state index in [1.54, 1.807) is 24.3 Å². The summed E-state index contributed by atoms with van der Waals surface area (Å²) in [4.78, 5) is 22.0. The molecule has 0 aliphatic rings. The summed E-state index contributed by atoms with van der Waals surface area (Å²) in [5.74, 6) is -1.35. The Kier molecular flexibility index (Phi) is 4.05. The van der Waals surface area contributed by atoms with Gasteiger partial charge in [-0.1, -0.05) is 12.1 Å². The van der Waals surface area contributed by atoms with Gasteiger partial charge in [0.15, 0.2) is 0 Å². The lowest BCUT2D eigenvalue weighted by Gasteiger charge is -2.11. The van der Waals surface area contributed by atoms with Crippen molar-refractivity contribution in [3.8, 4) is 5.75 Å². The highest BCUT2D eigenvalue weighted by molar-refractivity contribution is 5.85. The second kappa shape index (κ2) is 5.30. The zero-order valence-electron chi connectivity index (χ0n) is 9.27. The first-order valence-corrected chi connectivity index (χ1v) is 4.90. The number of benzene rings is 1. The topological polar surface area (TPSA) is 63.6 Å². The van der Waals surface area contributed by atoms with Gasteiger partial charge in [0.25, 0.3) is 0 Å². The van der Waals surface area contributed by atoms with E-state index in [9.17, 15) is 9.59 Å². The quantitative estimate of drug-likeness (QED) is 0.825. The van der Waals surface area contributed by atoms with Gasteiger partial charge >= 0.3 is 5.97 Å². The molecule has 0 aromatic heterocycles. The third-order valence-corrected chi connectivity index (χ3v) is 2.29. The number of carboxylic acids is 1. The summed E-state index contributed by atoms with van der Waals surface area (Å²) in [6.45, 7) is 1.39. The highest BCUT2D eigenvalue weighted by Crippen LogP contribution is 2.24. The smallest absolute Gasteiger partial charge is 0.311 e. The zero-order valence-corrected chi connectivity index (χ0v) is 9.27. The van der Waals surface area contributed by atoms with Crippen molar-refractivity contribution in [2.45, 2.75) is 19.3 Å². The molecule has 0 radical (unpaired) electrons. The van der Waals surface area contributed by atoms with Crippen LogP contribution in [0.5, 0.6) is 5.75 Å². The fourth-order valence-electron chi connectivity index (χ4n) is 1.49. The standard InChI is InChI=1S/C12H14O4/c1-8(13)6-11(12(14)15)9-4-3-5-10(7-9)16-2/h3-5,7,11H,6H2,1-2H3,(H,14,15). The fourth-order valence-corrected chi connectivity index (χ4v) is 1.49. The Hall–Kier alpha value is -1.84. The number of carbonyl (C=O) groups is 2. The van der Waals surface area contributed by atoms with Gasteiger partial charge in [0.1, 0.15) is 11.5 Å². The van der Waals surface area contributed by atoms with Crippen molar-refractivity contribution in [2.24, 2.45) is 0 Å². The number of carbonyl (C=O) groups excluding carboxylic acids is 1. The number of ketones is 1. The average molecular weight is 222 g/mol. The third kappa shape index (κ3) is 3.08. The van der Waals surface area contributed by atoms with Crippen molar-refractivity contribution >= 4 is 11.8 Å². The van der Waals surface area contributed by atoms with Gasteiger partial charge in [0, 0.05) is 6.42 Å². The first-order chi connectivity index (χ1) is 7.54. The Morgan fingerprint density at radius 2 is 2.12 bits per heavy atom. The third-order valence-electron chi connectivity index (χ3n) is 2.29. The lowest BCUT2D eigenvalue weighted by Crippen LogP contribution is -2.14. The maximum atomic E-state index is 11.0. The Bertz CT molecular complexity index is 398. The van der Waals surface area contributed by atoms with Crippen molar-refractivity contribution in [3.05, 3.63) is 29.8 Å². The van der Waals surface area contributed by atoms with E-state index in [0.717, 1.165) is 0 Å². The van der Waals surface area contributed by atoms with E-state index in [1.165, 1.54) is 14.0 Å². The molecule has 1 rings (SSSR count). The molecule has 0 aliphatic heterocycles. The highest BCUT2D eigenvalue weighted by Gasteiger charge is 2.21. The molecule has 4 nitrogen and oxygen atoms in total. The minimum atomic E-state index is -0.997. The molecule has 0 aliphatic carbocycles. The van der Waals surface area contributed by atoms with Gasteiger partial charge in [-0.3, -0.25) is 9.59 Å². The van der Waals surface area contributed by atoms with Crippen LogP contribution < -0.4 is 4.74 Å². The summed E-state index contributed by atoms with van der Waals surface area (Å²) in [5.41, 5.74) is 0.585. The Morgan fingerprint density at radius 1 is 1.44 bits per heavy atom. The molecule has 1 aromatic rings. The highest BCUT2D eigenvalue weighted by atomic mass is 16.5. The lowest BCUT2D eigenvalue weighted by molar-refractivity contribution is -0.140. The van der Waals surface area contributed by atoms with Crippen molar-refractivity contribution in [2.75, 3.05) is 7.11 Å². The van der Waals surface area contributed by atoms with E-state index in [4.69, 9.17) is 9.84 Å². The molecule has 1 aromatic carbocycles. The van der Waals surface area contributed by atoms with Crippen LogP contribution in [0.4, 0.5) is 0 Å². The number of carboxylic acid groups (broad SMARTS) is 1. The molecule has 0 saturated carbocycles. The number of aliphatic carboxylic acids is 1. The first kappa shape index (κ1) is 12.2. The molecule has 0 spiro atoms. The second-order valence-corrected chi connectivity index (χ2v) is 3.57. The van der Waals surface area contributed by atoms with Crippen LogP contribution >= 0.6 is 0 Å². The van der Waals surface area contributed by atoms with Crippen molar-refractivity contribution in [1.29, 1.82) is 0 Å². The van der Waals surface area contributed by atoms with E-state index in [2.05, 4.69) is 0 Å².